The van der Waals surface area contributed by atoms with Gasteiger partial charge in [-0.3, -0.25) is 0 Å². The minimum absolute atomic E-state index is 0.486. The fourth-order valence-corrected chi connectivity index (χ4v) is 2.26. The Hall–Kier alpha value is -0.340. The summed E-state index contributed by atoms with van der Waals surface area (Å²) >= 11 is 1.87. The molecule has 0 radical (unpaired) electrons. The number of rotatable bonds is 2. The van der Waals surface area contributed by atoms with Crippen molar-refractivity contribution in [1.29, 1.82) is 0 Å². The number of aryl methyl sites for hydroxylation is 2. The predicted octanol–water partition coefficient (Wildman–Crippen LogP) is 2.65. The van der Waals surface area contributed by atoms with E-state index in [2.05, 4.69) is 32.2 Å². The first-order valence-corrected chi connectivity index (χ1v) is 4.71. The number of thiophene rings is 1. The molecule has 1 aromatic heterocycles. The molecule has 0 aliphatic carbocycles. The zero-order chi connectivity index (χ0) is 8.43. The van der Waals surface area contributed by atoms with Gasteiger partial charge in [0.05, 0.1) is 0 Å². The summed E-state index contributed by atoms with van der Waals surface area (Å²) in [6.07, 6.45) is 0. The highest BCUT2D eigenvalue weighted by atomic mass is 32.1. The van der Waals surface area contributed by atoms with Crippen LogP contribution in [-0.4, -0.2) is 7.05 Å². The van der Waals surface area contributed by atoms with Gasteiger partial charge in [-0.1, -0.05) is 0 Å². The summed E-state index contributed by atoms with van der Waals surface area (Å²) in [5.41, 5.74) is 1.44. The molecule has 1 heterocycles. The van der Waals surface area contributed by atoms with Crippen LogP contribution < -0.4 is 5.32 Å². The van der Waals surface area contributed by atoms with Gasteiger partial charge >= 0.3 is 0 Å². The first-order valence-electron chi connectivity index (χ1n) is 3.89. The maximum absolute atomic E-state index is 3.24. The van der Waals surface area contributed by atoms with Crippen molar-refractivity contribution < 1.29 is 0 Å². The Morgan fingerprint density at radius 2 is 2.09 bits per heavy atom. The van der Waals surface area contributed by atoms with E-state index in [4.69, 9.17) is 0 Å². The Morgan fingerprint density at radius 3 is 2.45 bits per heavy atom. The first kappa shape index (κ1) is 8.75. The van der Waals surface area contributed by atoms with Crippen LogP contribution in [0.15, 0.2) is 6.07 Å². The van der Waals surface area contributed by atoms with E-state index in [1.165, 1.54) is 15.3 Å². The van der Waals surface area contributed by atoms with Crippen molar-refractivity contribution in [2.24, 2.45) is 0 Å². The molecule has 2 heteroatoms. The van der Waals surface area contributed by atoms with E-state index in [1.807, 2.05) is 18.4 Å². The Labute approximate surface area is 72.4 Å². The molecule has 1 rings (SSSR count). The Bertz CT molecular complexity index is 240. The zero-order valence-corrected chi connectivity index (χ0v) is 8.38. The van der Waals surface area contributed by atoms with E-state index in [0.717, 1.165) is 0 Å². The third-order valence-electron chi connectivity index (χ3n) is 1.98. The van der Waals surface area contributed by atoms with Crippen LogP contribution in [0.1, 0.15) is 28.3 Å². The molecule has 0 aliphatic rings. The van der Waals surface area contributed by atoms with Gasteiger partial charge in [0.2, 0.25) is 0 Å². The highest BCUT2D eigenvalue weighted by Crippen LogP contribution is 2.25. The van der Waals surface area contributed by atoms with Gasteiger partial charge < -0.3 is 5.32 Å². The molecule has 0 fully saturated rings. The van der Waals surface area contributed by atoms with Crippen LogP contribution in [0.4, 0.5) is 0 Å². The van der Waals surface area contributed by atoms with Crippen molar-refractivity contribution in [3.8, 4) is 0 Å². The third kappa shape index (κ3) is 1.82. The minimum atomic E-state index is 0.486. The summed E-state index contributed by atoms with van der Waals surface area (Å²) in [6, 6.07) is 2.75. The van der Waals surface area contributed by atoms with Crippen LogP contribution in [-0.2, 0) is 0 Å². The topological polar surface area (TPSA) is 12.0 Å². The highest BCUT2D eigenvalue weighted by Gasteiger charge is 2.07. The lowest BCUT2D eigenvalue weighted by molar-refractivity contribution is 0.651. The molecule has 0 spiro atoms. The van der Waals surface area contributed by atoms with Gasteiger partial charge in [0, 0.05) is 15.8 Å². The molecular formula is C9H15NS. The van der Waals surface area contributed by atoms with E-state index in [1.54, 1.807) is 0 Å². The Morgan fingerprint density at radius 1 is 1.45 bits per heavy atom. The standard InChI is InChI=1S/C9H15NS/c1-6-5-9(7(2)10-4)8(3)11-6/h5,7,10H,1-4H3/t7-/m0/s1. The van der Waals surface area contributed by atoms with Gasteiger partial charge in [0.1, 0.15) is 0 Å². The van der Waals surface area contributed by atoms with Gasteiger partial charge in [-0.25, -0.2) is 0 Å². The van der Waals surface area contributed by atoms with Crippen LogP contribution >= 0.6 is 11.3 Å². The normalized spacial score (nSPS) is 13.5. The molecule has 0 aliphatic heterocycles. The maximum Gasteiger partial charge on any atom is 0.0300 e. The lowest BCUT2D eigenvalue weighted by Crippen LogP contribution is -2.12. The monoisotopic (exact) mass is 169 g/mol. The second-order valence-corrected chi connectivity index (χ2v) is 4.34. The molecule has 0 saturated heterocycles. The second kappa shape index (κ2) is 3.37. The summed E-state index contributed by atoms with van der Waals surface area (Å²) in [7, 11) is 2.00. The largest absolute Gasteiger partial charge is 0.313 e. The molecule has 0 saturated carbocycles. The highest BCUT2D eigenvalue weighted by molar-refractivity contribution is 7.12. The van der Waals surface area contributed by atoms with Gasteiger partial charge in [-0.2, -0.15) is 0 Å². The summed E-state index contributed by atoms with van der Waals surface area (Å²) < 4.78 is 0. The molecular weight excluding hydrogens is 154 g/mol. The fourth-order valence-electron chi connectivity index (χ4n) is 1.24. The predicted molar refractivity (Wildman–Crippen MR) is 51.3 cm³/mol. The van der Waals surface area contributed by atoms with Gasteiger partial charge in [-0.15, -0.1) is 11.3 Å². The van der Waals surface area contributed by atoms with E-state index in [9.17, 15) is 0 Å². The van der Waals surface area contributed by atoms with Crippen molar-refractivity contribution in [1.82, 2.24) is 5.32 Å². The average molecular weight is 169 g/mol. The first-order chi connectivity index (χ1) is 5.15. The smallest absolute Gasteiger partial charge is 0.0300 e. The van der Waals surface area contributed by atoms with Gasteiger partial charge in [-0.05, 0) is 39.4 Å². The summed E-state index contributed by atoms with van der Waals surface area (Å²) in [6.45, 7) is 6.53. The Kier molecular flexibility index (Phi) is 2.68. The van der Waals surface area contributed by atoms with Crippen molar-refractivity contribution in [2.75, 3.05) is 7.05 Å². The van der Waals surface area contributed by atoms with Gasteiger partial charge in [0.25, 0.3) is 0 Å². The molecule has 62 valence electrons. The second-order valence-electron chi connectivity index (χ2n) is 2.88. The van der Waals surface area contributed by atoms with E-state index in [0.29, 0.717) is 6.04 Å². The molecule has 1 N–H and O–H groups in total. The molecule has 1 atom stereocenters. The molecule has 0 amide bonds. The quantitative estimate of drug-likeness (QED) is 0.717. The lowest BCUT2D eigenvalue weighted by atomic mass is 10.1. The van der Waals surface area contributed by atoms with Crippen LogP contribution in [0.3, 0.4) is 0 Å². The van der Waals surface area contributed by atoms with Crippen LogP contribution in [0.5, 0.6) is 0 Å². The van der Waals surface area contributed by atoms with Crippen molar-refractivity contribution in [3.63, 3.8) is 0 Å². The molecule has 11 heavy (non-hydrogen) atoms. The molecule has 0 bridgehead atoms. The van der Waals surface area contributed by atoms with Crippen molar-refractivity contribution >= 4 is 11.3 Å². The van der Waals surface area contributed by atoms with E-state index >= 15 is 0 Å². The van der Waals surface area contributed by atoms with Crippen LogP contribution in [0.2, 0.25) is 0 Å². The maximum atomic E-state index is 3.24. The van der Waals surface area contributed by atoms with Gasteiger partial charge in [0.15, 0.2) is 0 Å². The number of nitrogens with one attached hydrogen (secondary N) is 1. The van der Waals surface area contributed by atoms with Crippen LogP contribution in [0.25, 0.3) is 0 Å². The van der Waals surface area contributed by atoms with E-state index in [-0.39, 0.29) is 0 Å². The summed E-state index contributed by atoms with van der Waals surface area (Å²) in [5.74, 6) is 0. The third-order valence-corrected chi connectivity index (χ3v) is 2.96. The molecule has 0 unspecified atom stereocenters. The molecule has 1 aromatic rings. The Balaban J connectivity index is 2.93. The minimum Gasteiger partial charge on any atom is -0.313 e. The number of hydrogen-bond acceptors (Lipinski definition) is 2. The van der Waals surface area contributed by atoms with Crippen LogP contribution in [0, 0.1) is 13.8 Å². The number of hydrogen-bond donors (Lipinski definition) is 1. The van der Waals surface area contributed by atoms with Crippen molar-refractivity contribution in [3.05, 3.63) is 21.4 Å². The van der Waals surface area contributed by atoms with E-state index < -0.39 is 0 Å². The molecule has 1 nitrogen and oxygen atoms in total. The SMILES string of the molecule is CN[C@@H](C)c1cc(C)sc1C. The zero-order valence-electron chi connectivity index (χ0n) is 7.56. The summed E-state index contributed by atoms with van der Waals surface area (Å²) in [4.78, 5) is 2.84. The fraction of sp³-hybridized carbons (Fsp3) is 0.556. The average Bonchev–Trinajstić information content (AvgIpc) is 2.28. The molecule has 0 aromatic carbocycles. The van der Waals surface area contributed by atoms with Crippen molar-refractivity contribution in [2.45, 2.75) is 26.8 Å². The summed E-state index contributed by atoms with van der Waals surface area (Å²) in [5, 5.41) is 3.24. The lowest BCUT2D eigenvalue weighted by Gasteiger charge is -2.08.